The van der Waals surface area contributed by atoms with Gasteiger partial charge in [-0.05, 0) is 45.7 Å². The fourth-order valence-corrected chi connectivity index (χ4v) is 2.22. The van der Waals surface area contributed by atoms with Crippen LogP contribution in [-0.4, -0.2) is 22.6 Å². The topological polar surface area (TPSA) is 76.1 Å². The summed E-state index contributed by atoms with van der Waals surface area (Å²) in [5.41, 5.74) is 2.71. The molecule has 1 aromatic carbocycles. The Labute approximate surface area is 140 Å². The van der Waals surface area contributed by atoms with E-state index in [4.69, 9.17) is 4.84 Å². The van der Waals surface area contributed by atoms with Crippen molar-refractivity contribution in [2.24, 2.45) is 0 Å². The number of rotatable bonds is 6. The van der Waals surface area contributed by atoms with Crippen LogP contribution in [0.4, 0.5) is 4.79 Å². The number of carbonyl (C=O) groups excluding carboxylic acids is 1. The van der Waals surface area contributed by atoms with Crippen molar-refractivity contribution in [2.75, 3.05) is 6.54 Å². The first-order valence-corrected chi connectivity index (χ1v) is 7.92. The summed E-state index contributed by atoms with van der Waals surface area (Å²) in [5.74, 6) is 0. The zero-order chi connectivity index (χ0) is 17.5. The number of para-hydroxylation sites is 1. The van der Waals surface area contributed by atoms with Gasteiger partial charge in [0.15, 0.2) is 0 Å². The maximum absolute atomic E-state index is 12.0. The smallest absolute Gasteiger partial charge is 0.316 e. The molecule has 0 aliphatic rings. The fraction of sp³-hybridized carbons (Fsp3) is 0.333. The zero-order valence-electron chi connectivity index (χ0n) is 14.3. The molecule has 0 atom stereocenters. The third kappa shape index (κ3) is 4.87. The first-order valence-electron chi connectivity index (χ1n) is 7.92. The third-order valence-electron chi connectivity index (χ3n) is 3.53. The van der Waals surface area contributed by atoms with Crippen molar-refractivity contribution in [2.45, 2.75) is 33.6 Å². The van der Waals surface area contributed by atoms with Crippen molar-refractivity contribution in [3.05, 3.63) is 57.9 Å². The van der Waals surface area contributed by atoms with E-state index >= 15 is 0 Å². The number of fused-ring (bicyclic) bond motifs is 1. The molecule has 2 N–H and O–H groups in total. The van der Waals surface area contributed by atoms with Crippen LogP contribution in [0.3, 0.4) is 0 Å². The molecule has 2 rings (SSSR count). The van der Waals surface area contributed by atoms with Gasteiger partial charge in [0.05, 0.1) is 10.9 Å². The molecule has 0 saturated heterocycles. The number of nitrogens with one attached hydrogen (secondary N) is 2. The van der Waals surface area contributed by atoms with E-state index < -0.39 is 11.7 Å². The molecule has 0 fully saturated rings. The fourth-order valence-electron chi connectivity index (χ4n) is 2.22. The lowest BCUT2D eigenvalue weighted by Gasteiger charge is -2.04. The van der Waals surface area contributed by atoms with Crippen LogP contribution in [-0.2, 0) is 0 Å². The molecule has 0 unspecified atom stereocenters. The van der Waals surface area contributed by atoms with Crippen molar-refractivity contribution in [1.29, 1.82) is 0 Å². The van der Waals surface area contributed by atoms with Crippen molar-refractivity contribution in [3.63, 3.8) is 0 Å². The van der Waals surface area contributed by atoms with E-state index in [2.05, 4.69) is 30.3 Å². The molecule has 0 aliphatic heterocycles. The normalized spacial score (nSPS) is 11.4. The minimum Gasteiger partial charge on any atom is -0.316 e. The van der Waals surface area contributed by atoms with Crippen molar-refractivity contribution in [3.8, 4) is 0 Å². The van der Waals surface area contributed by atoms with Gasteiger partial charge in [-0.3, -0.25) is 14.7 Å². The highest BCUT2D eigenvalue weighted by Gasteiger charge is 2.09. The summed E-state index contributed by atoms with van der Waals surface area (Å²) < 4.78 is 0. The first kappa shape index (κ1) is 17.6. The molecule has 2 aromatic rings. The number of amides is 1. The second kappa shape index (κ2) is 8.19. The number of allylic oxidation sites excluding steroid dienone is 3. The van der Waals surface area contributed by atoms with Crippen LogP contribution in [0.1, 0.15) is 33.6 Å². The van der Waals surface area contributed by atoms with E-state index in [1.54, 1.807) is 24.3 Å². The second-order valence-corrected chi connectivity index (χ2v) is 5.89. The molecular weight excluding hydrogens is 306 g/mol. The van der Waals surface area contributed by atoms with Gasteiger partial charge in [-0.15, -0.1) is 0 Å². The van der Waals surface area contributed by atoms with Crippen molar-refractivity contribution < 1.29 is 9.63 Å². The molecule has 128 valence electrons. The third-order valence-corrected chi connectivity index (χ3v) is 3.53. The Morgan fingerprint density at radius 3 is 2.71 bits per heavy atom. The van der Waals surface area contributed by atoms with Gasteiger partial charge in [0.25, 0.3) is 0 Å². The van der Waals surface area contributed by atoms with E-state index in [1.807, 2.05) is 13.0 Å². The predicted octanol–water partition coefficient (Wildman–Crippen LogP) is 3.16. The minimum atomic E-state index is -0.683. The summed E-state index contributed by atoms with van der Waals surface area (Å²) in [7, 11) is 0. The Morgan fingerprint density at radius 1 is 1.25 bits per heavy atom. The SMILES string of the molecule is CC(C)=CCCC(C)=CCNC(=O)On1[nH]c2ccccc2c1=O. The van der Waals surface area contributed by atoms with Gasteiger partial charge in [-0.2, -0.15) is 0 Å². The van der Waals surface area contributed by atoms with E-state index in [0.29, 0.717) is 17.4 Å². The van der Waals surface area contributed by atoms with Gasteiger partial charge in [-0.1, -0.05) is 40.3 Å². The quantitative estimate of drug-likeness (QED) is 0.799. The van der Waals surface area contributed by atoms with Crippen LogP contribution < -0.4 is 15.7 Å². The highest BCUT2D eigenvalue weighted by Crippen LogP contribution is 2.06. The molecule has 6 heteroatoms. The van der Waals surface area contributed by atoms with E-state index in [1.165, 1.54) is 11.1 Å². The molecular formula is C18H23N3O3. The number of carbonyl (C=O) groups is 1. The van der Waals surface area contributed by atoms with E-state index in [0.717, 1.165) is 17.7 Å². The molecule has 0 saturated carbocycles. The Balaban J connectivity index is 1.85. The summed E-state index contributed by atoms with van der Waals surface area (Å²) in [6.07, 6.45) is 5.37. The maximum Gasteiger partial charge on any atom is 0.433 e. The minimum absolute atomic E-state index is 0.356. The Kier molecular flexibility index (Phi) is 6.01. The lowest BCUT2D eigenvalue weighted by Crippen LogP contribution is -2.36. The van der Waals surface area contributed by atoms with Crippen LogP contribution in [0.2, 0.25) is 0 Å². The van der Waals surface area contributed by atoms with Crippen LogP contribution >= 0.6 is 0 Å². The Bertz CT molecular complexity index is 823. The first-order chi connectivity index (χ1) is 11.5. The molecule has 1 heterocycles. The Morgan fingerprint density at radius 2 is 2.00 bits per heavy atom. The number of nitrogens with zero attached hydrogens (tertiary/aromatic N) is 1. The summed E-state index contributed by atoms with van der Waals surface area (Å²) in [6, 6.07) is 6.97. The number of hydrogen-bond donors (Lipinski definition) is 2. The summed E-state index contributed by atoms with van der Waals surface area (Å²) in [4.78, 5) is 29.6. The van der Waals surface area contributed by atoms with Gasteiger partial charge in [0, 0.05) is 6.54 Å². The molecule has 1 aromatic heterocycles. The van der Waals surface area contributed by atoms with Crippen LogP contribution in [0, 0.1) is 0 Å². The van der Waals surface area contributed by atoms with E-state index in [-0.39, 0.29) is 0 Å². The highest BCUT2D eigenvalue weighted by molar-refractivity contribution is 5.77. The number of H-pyrrole nitrogens is 1. The van der Waals surface area contributed by atoms with Gasteiger partial charge in [0.2, 0.25) is 0 Å². The summed E-state index contributed by atoms with van der Waals surface area (Å²) in [6.45, 7) is 6.52. The average Bonchev–Trinajstić information content (AvgIpc) is 2.83. The van der Waals surface area contributed by atoms with Gasteiger partial charge in [0.1, 0.15) is 0 Å². The van der Waals surface area contributed by atoms with Crippen LogP contribution in [0.15, 0.2) is 52.4 Å². The Hall–Kier alpha value is -2.76. The summed E-state index contributed by atoms with van der Waals surface area (Å²) >= 11 is 0. The number of aromatic amines is 1. The largest absolute Gasteiger partial charge is 0.433 e. The molecule has 6 nitrogen and oxygen atoms in total. The summed E-state index contributed by atoms with van der Waals surface area (Å²) in [5, 5.41) is 5.80. The average molecular weight is 329 g/mol. The molecule has 0 radical (unpaired) electrons. The van der Waals surface area contributed by atoms with Crippen LogP contribution in [0.25, 0.3) is 10.9 Å². The lowest BCUT2D eigenvalue weighted by molar-refractivity contribution is 0.113. The van der Waals surface area contributed by atoms with E-state index in [9.17, 15) is 9.59 Å². The maximum atomic E-state index is 12.0. The van der Waals surface area contributed by atoms with Gasteiger partial charge >= 0.3 is 11.7 Å². The zero-order valence-corrected chi connectivity index (χ0v) is 14.3. The molecule has 24 heavy (non-hydrogen) atoms. The van der Waals surface area contributed by atoms with Crippen molar-refractivity contribution >= 4 is 17.0 Å². The highest BCUT2D eigenvalue weighted by atomic mass is 16.7. The number of aromatic nitrogens is 2. The molecule has 0 bridgehead atoms. The van der Waals surface area contributed by atoms with Gasteiger partial charge in [-0.25, -0.2) is 4.79 Å². The standard InChI is InChI=1S/C18H23N3O3/c1-13(2)7-6-8-14(3)11-12-19-18(23)24-21-17(22)15-9-4-5-10-16(15)20-21/h4-5,7,9-11,20H,6,8,12H2,1-3H3,(H,19,23). The molecule has 1 amide bonds. The molecule has 0 spiro atoms. The second-order valence-electron chi connectivity index (χ2n) is 5.89. The van der Waals surface area contributed by atoms with Crippen molar-refractivity contribution in [1.82, 2.24) is 15.3 Å². The lowest BCUT2D eigenvalue weighted by atomic mass is 10.1. The number of benzene rings is 1. The number of hydrogen-bond acceptors (Lipinski definition) is 3. The predicted molar refractivity (Wildman–Crippen MR) is 95.0 cm³/mol. The monoisotopic (exact) mass is 329 g/mol. The molecule has 0 aliphatic carbocycles. The van der Waals surface area contributed by atoms with Gasteiger partial charge < -0.3 is 5.32 Å². The van der Waals surface area contributed by atoms with Crippen LogP contribution in [0.5, 0.6) is 0 Å².